The second kappa shape index (κ2) is 3.94. The molecule has 0 saturated carbocycles. The maximum atomic E-state index is 11.8. The lowest BCUT2D eigenvalue weighted by molar-refractivity contribution is 0.877. The summed E-state index contributed by atoms with van der Waals surface area (Å²) in [5.41, 5.74) is 0.977. The SMILES string of the molecule is CC(C)c1csc2nc(CCl)[nH]c(=O)c12. The molecule has 0 saturated heterocycles. The maximum absolute atomic E-state index is 11.8. The minimum atomic E-state index is -0.0828. The van der Waals surface area contributed by atoms with Gasteiger partial charge in [-0.15, -0.1) is 22.9 Å². The Bertz CT molecular complexity index is 544. The van der Waals surface area contributed by atoms with Gasteiger partial charge in [0.25, 0.3) is 5.56 Å². The van der Waals surface area contributed by atoms with E-state index < -0.39 is 0 Å². The first-order chi connectivity index (χ1) is 7.13. The molecule has 1 N–H and O–H groups in total. The second-order valence-electron chi connectivity index (χ2n) is 3.67. The van der Waals surface area contributed by atoms with Gasteiger partial charge in [-0.1, -0.05) is 13.8 Å². The van der Waals surface area contributed by atoms with E-state index in [-0.39, 0.29) is 11.4 Å². The van der Waals surface area contributed by atoms with E-state index in [1.165, 1.54) is 11.3 Å². The number of halogens is 1. The molecule has 2 aromatic rings. The Balaban J connectivity index is 2.77. The summed E-state index contributed by atoms with van der Waals surface area (Å²) in [4.78, 5) is 19.6. The van der Waals surface area contributed by atoms with Gasteiger partial charge >= 0.3 is 0 Å². The normalized spacial score (nSPS) is 11.5. The Kier molecular flexibility index (Phi) is 2.80. The van der Waals surface area contributed by atoms with Crippen LogP contribution in [0, 0.1) is 0 Å². The van der Waals surface area contributed by atoms with Gasteiger partial charge in [-0.2, -0.15) is 0 Å². The Hall–Kier alpha value is -0.870. The third kappa shape index (κ3) is 1.79. The number of alkyl halides is 1. The van der Waals surface area contributed by atoms with E-state index >= 15 is 0 Å². The lowest BCUT2D eigenvalue weighted by Gasteiger charge is -2.01. The highest BCUT2D eigenvalue weighted by Crippen LogP contribution is 2.27. The average Bonchev–Trinajstić information content (AvgIpc) is 2.61. The molecule has 0 radical (unpaired) electrons. The zero-order valence-electron chi connectivity index (χ0n) is 8.50. The Morgan fingerprint density at radius 2 is 2.33 bits per heavy atom. The summed E-state index contributed by atoms with van der Waals surface area (Å²) < 4.78 is 0. The fourth-order valence-electron chi connectivity index (χ4n) is 1.50. The minimum Gasteiger partial charge on any atom is -0.309 e. The van der Waals surface area contributed by atoms with Crippen molar-refractivity contribution in [3.05, 3.63) is 27.1 Å². The summed E-state index contributed by atoms with van der Waals surface area (Å²) in [6.45, 7) is 4.13. The summed E-state index contributed by atoms with van der Waals surface area (Å²) >= 11 is 7.14. The molecule has 0 fully saturated rings. The highest BCUT2D eigenvalue weighted by atomic mass is 35.5. The molecular formula is C10H11ClN2OS. The molecule has 3 nitrogen and oxygen atoms in total. The average molecular weight is 243 g/mol. The summed E-state index contributed by atoms with van der Waals surface area (Å²) in [6.07, 6.45) is 0. The quantitative estimate of drug-likeness (QED) is 0.824. The molecule has 0 bridgehead atoms. The highest BCUT2D eigenvalue weighted by molar-refractivity contribution is 7.16. The zero-order valence-corrected chi connectivity index (χ0v) is 10.1. The van der Waals surface area contributed by atoms with Gasteiger partial charge in [0.2, 0.25) is 0 Å². The van der Waals surface area contributed by atoms with Crippen LogP contribution in [-0.4, -0.2) is 9.97 Å². The minimum absolute atomic E-state index is 0.0828. The number of aromatic nitrogens is 2. The van der Waals surface area contributed by atoms with Crippen LogP contribution in [-0.2, 0) is 5.88 Å². The van der Waals surface area contributed by atoms with E-state index in [1.807, 2.05) is 5.38 Å². The molecule has 0 aliphatic carbocycles. The lowest BCUT2D eigenvalue weighted by Crippen LogP contribution is -2.11. The van der Waals surface area contributed by atoms with Crippen molar-refractivity contribution in [1.29, 1.82) is 0 Å². The Morgan fingerprint density at radius 3 is 2.93 bits per heavy atom. The number of rotatable bonds is 2. The molecule has 80 valence electrons. The predicted octanol–water partition coefficient (Wildman–Crippen LogP) is 2.85. The molecule has 0 atom stereocenters. The second-order valence-corrected chi connectivity index (χ2v) is 4.80. The number of nitrogens with zero attached hydrogens (tertiary/aromatic N) is 1. The molecule has 2 rings (SSSR count). The number of thiophene rings is 1. The summed E-state index contributed by atoms with van der Waals surface area (Å²) in [5.74, 6) is 1.11. The summed E-state index contributed by atoms with van der Waals surface area (Å²) in [7, 11) is 0. The third-order valence-electron chi connectivity index (χ3n) is 2.27. The number of aromatic amines is 1. The van der Waals surface area contributed by atoms with Crippen LogP contribution in [0.4, 0.5) is 0 Å². The topological polar surface area (TPSA) is 45.8 Å². The standard InChI is InChI=1S/C10H11ClN2OS/c1-5(2)6-4-15-10-8(6)9(14)12-7(3-11)13-10/h4-5H,3H2,1-2H3,(H,12,13,14). The van der Waals surface area contributed by atoms with Crippen molar-refractivity contribution < 1.29 is 0 Å². The monoisotopic (exact) mass is 242 g/mol. The smallest absolute Gasteiger partial charge is 0.259 e. The fraction of sp³-hybridized carbons (Fsp3) is 0.400. The van der Waals surface area contributed by atoms with Crippen molar-refractivity contribution in [3.8, 4) is 0 Å². The number of nitrogens with one attached hydrogen (secondary N) is 1. The van der Waals surface area contributed by atoms with Gasteiger partial charge in [-0.05, 0) is 16.9 Å². The number of H-pyrrole nitrogens is 1. The lowest BCUT2D eigenvalue weighted by atomic mass is 10.0. The molecule has 0 spiro atoms. The first-order valence-corrected chi connectivity index (χ1v) is 6.11. The summed E-state index contributed by atoms with van der Waals surface area (Å²) in [6, 6.07) is 0. The van der Waals surface area contributed by atoms with Crippen molar-refractivity contribution in [2.75, 3.05) is 0 Å². The predicted molar refractivity (Wildman–Crippen MR) is 63.9 cm³/mol. The maximum Gasteiger partial charge on any atom is 0.259 e. The first kappa shape index (κ1) is 10.6. The fourth-order valence-corrected chi connectivity index (χ4v) is 2.75. The van der Waals surface area contributed by atoms with Crippen LogP contribution in [0.15, 0.2) is 10.2 Å². The first-order valence-electron chi connectivity index (χ1n) is 4.69. The van der Waals surface area contributed by atoms with E-state index in [9.17, 15) is 4.79 Å². The molecule has 5 heteroatoms. The van der Waals surface area contributed by atoms with Crippen molar-refractivity contribution in [1.82, 2.24) is 9.97 Å². The van der Waals surface area contributed by atoms with E-state index in [2.05, 4.69) is 23.8 Å². The zero-order chi connectivity index (χ0) is 11.0. The molecule has 0 amide bonds. The summed E-state index contributed by atoms with van der Waals surface area (Å²) in [5, 5.41) is 2.71. The van der Waals surface area contributed by atoms with Gasteiger partial charge in [0.1, 0.15) is 10.7 Å². The van der Waals surface area contributed by atoms with Crippen LogP contribution in [0.25, 0.3) is 10.2 Å². The largest absolute Gasteiger partial charge is 0.309 e. The Labute approximate surface area is 96.1 Å². The van der Waals surface area contributed by atoms with E-state index in [0.29, 0.717) is 17.1 Å². The van der Waals surface area contributed by atoms with Crippen molar-refractivity contribution in [3.63, 3.8) is 0 Å². The van der Waals surface area contributed by atoms with Gasteiger partial charge in [0.05, 0.1) is 11.3 Å². The van der Waals surface area contributed by atoms with Crippen LogP contribution < -0.4 is 5.56 Å². The van der Waals surface area contributed by atoms with Crippen LogP contribution in [0.2, 0.25) is 0 Å². The number of fused-ring (bicyclic) bond motifs is 1. The van der Waals surface area contributed by atoms with Crippen LogP contribution in [0.5, 0.6) is 0 Å². The van der Waals surface area contributed by atoms with E-state index in [0.717, 1.165) is 10.4 Å². The van der Waals surface area contributed by atoms with Gasteiger partial charge in [0, 0.05) is 0 Å². The van der Waals surface area contributed by atoms with Gasteiger partial charge in [-0.25, -0.2) is 4.98 Å². The molecule has 0 aliphatic heterocycles. The molecule has 0 aliphatic rings. The van der Waals surface area contributed by atoms with Crippen molar-refractivity contribution >= 4 is 33.2 Å². The molecule has 2 heterocycles. The third-order valence-corrected chi connectivity index (χ3v) is 3.41. The van der Waals surface area contributed by atoms with E-state index in [4.69, 9.17) is 11.6 Å². The number of hydrogen-bond acceptors (Lipinski definition) is 3. The molecule has 0 aromatic carbocycles. The van der Waals surface area contributed by atoms with Gasteiger partial charge < -0.3 is 4.98 Å². The van der Waals surface area contributed by atoms with Crippen LogP contribution in [0.1, 0.15) is 31.2 Å². The Morgan fingerprint density at radius 1 is 1.60 bits per heavy atom. The van der Waals surface area contributed by atoms with Crippen molar-refractivity contribution in [2.45, 2.75) is 25.6 Å². The molecule has 15 heavy (non-hydrogen) atoms. The van der Waals surface area contributed by atoms with Crippen LogP contribution >= 0.6 is 22.9 Å². The molecule has 0 unspecified atom stereocenters. The van der Waals surface area contributed by atoms with Gasteiger partial charge in [-0.3, -0.25) is 4.79 Å². The van der Waals surface area contributed by atoms with Gasteiger partial charge in [0.15, 0.2) is 0 Å². The van der Waals surface area contributed by atoms with Crippen LogP contribution in [0.3, 0.4) is 0 Å². The molecule has 2 aromatic heterocycles. The highest BCUT2D eigenvalue weighted by Gasteiger charge is 2.12. The number of hydrogen-bond donors (Lipinski definition) is 1. The molecular weight excluding hydrogens is 232 g/mol. The van der Waals surface area contributed by atoms with E-state index in [1.54, 1.807) is 0 Å². The van der Waals surface area contributed by atoms with Crippen molar-refractivity contribution in [2.24, 2.45) is 0 Å².